The van der Waals surface area contributed by atoms with Gasteiger partial charge in [-0.25, -0.2) is 4.98 Å². The van der Waals surface area contributed by atoms with Crippen molar-refractivity contribution in [3.8, 4) is 0 Å². The van der Waals surface area contributed by atoms with Crippen LogP contribution in [0, 0.1) is 13.8 Å². The zero-order valence-corrected chi connectivity index (χ0v) is 11.9. The van der Waals surface area contributed by atoms with Crippen molar-refractivity contribution in [1.29, 1.82) is 0 Å². The molecule has 1 heterocycles. The maximum atomic E-state index is 10.4. The van der Waals surface area contributed by atoms with Crippen molar-refractivity contribution in [3.05, 3.63) is 57.2 Å². The first-order chi connectivity index (χ1) is 8.49. The second-order valence-corrected chi connectivity index (χ2v) is 5.27. The monoisotopic (exact) mass is 306 g/mol. The second kappa shape index (κ2) is 5.08. The van der Waals surface area contributed by atoms with Crippen molar-refractivity contribution in [1.82, 2.24) is 4.98 Å². The number of aryl methyl sites for hydroxylation is 2. The highest BCUT2D eigenvalue weighted by atomic mass is 79.9. The van der Waals surface area contributed by atoms with E-state index in [0.717, 1.165) is 21.2 Å². The highest BCUT2D eigenvalue weighted by molar-refractivity contribution is 9.10. The number of halogens is 1. The largest absolute Gasteiger partial charge is 0.383 e. The van der Waals surface area contributed by atoms with Gasteiger partial charge in [-0.3, -0.25) is 0 Å². The third-order valence-electron chi connectivity index (χ3n) is 2.83. The fraction of sp³-hybridized carbons (Fsp3) is 0.214. The molecule has 3 N–H and O–H groups in total. The summed E-state index contributed by atoms with van der Waals surface area (Å²) in [6, 6.07) is 7.69. The van der Waals surface area contributed by atoms with Gasteiger partial charge in [-0.15, -0.1) is 0 Å². The molecule has 0 amide bonds. The molecule has 0 saturated heterocycles. The van der Waals surface area contributed by atoms with E-state index >= 15 is 0 Å². The van der Waals surface area contributed by atoms with E-state index in [1.807, 2.05) is 38.1 Å². The lowest BCUT2D eigenvalue weighted by atomic mass is 10.00. The van der Waals surface area contributed by atoms with Crippen LogP contribution in [0.5, 0.6) is 0 Å². The molecular weight excluding hydrogens is 292 g/mol. The molecule has 3 nitrogen and oxygen atoms in total. The number of benzene rings is 1. The maximum Gasteiger partial charge on any atom is 0.129 e. The Bertz CT molecular complexity index is 584. The van der Waals surface area contributed by atoms with Gasteiger partial charge in [-0.05, 0) is 42.7 Å². The van der Waals surface area contributed by atoms with Crippen LogP contribution >= 0.6 is 15.9 Å². The van der Waals surface area contributed by atoms with E-state index in [1.165, 1.54) is 0 Å². The molecule has 1 aromatic heterocycles. The average molecular weight is 307 g/mol. The summed E-state index contributed by atoms with van der Waals surface area (Å²) >= 11 is 3.47. The summed E-state index contributed by atoms with van der Waals surface area (Å²) in [7, 11) is 0. The van der Waals surface area contributed by atoms with E-state index < -0.39 is 6.10 Å². The van der Waals surface area contributed by atoms with Crippen molar-refractivity contribution in [2.75, 3.05) is 5.73 Å². The Morgan fingerprint density at radius 3 is 2.56 bits per heavy atom. The van der Waals surface area contributed by atoms with Gasteiger partial charge in [0.1, 0.15) is 11.9 Å². The molecule has 0 aliphatic carbocycles. The number of hydrogen-bond donors (Lipinski definition) is 2. The number of pyridine rings is 1. The zero-order valence-electron chi connectivity index (χ0n) is 10.3. The zero-order chi connectivity index (χ0) is 13.3. The first kappa shape index (κ1) is 13.1. The van der Waals surface area contributed by atoms with Crippen LogP contribution in [-0.2, 0) is 0 Å². The van der Waals surface area contributed by atoms with Gasteiger partial charge in [0, 0.05) is 16.2 Å². The quantitative estimate of drug-likeness (QED) is 0.896. The van der Waals surface area contributed by atoms with Crippen molar-refractivity contribution in [2.24, 2.45) is 0 Å². The number of nitrogens with zero attached hydrogens (tertiary/aromatic N) is 1. The van der Waals surface area contributed by atoms with Gasteiger partial charge in [0.15, 0.2) is 0 Å². The predicted octanol–water partition coefficient (Wildman–Crippen LogP) is 3.12. The second-order valence-electron chi connectivity index (χ2n) is 4.41. The third kappa shape index (κ3) is 2.54. The Morgan fingerprint density at radius 2 is 1.89 bits per heavy atom. The molecule has 94 valence electrons. The Balaban J connectivity index is 2.47. The predicted molar refractivity (Wildman–Crippen MR) is 76.3 cm³/mol. The number of nitrogen functional groups attached to an aromatic ring is 1. The minimum absolute atomic E-state index is 0.362. The summed E-state index contributed by atoms with van der Waals surface area (Å²) < 4.78 is 0.871. The standard InChI is InChI=1S/C14H15BrN2O/c1-8-3-4-10(12(15)6-8)13(18)11-5-9(2)7-17-14(11)16/h3-7,13,18H,1-2H3,(H2,16,17). The molecule has 0 aliphatic heterocycles. The van der Waals surface area contributed by atoms with E-state index in [0.29, 0.717) is 11.4 Å². The number of hydrogen-bond acceptors (Lipinski definition) is 3. The maximum absolute atomic E-state index is 10.4. The fourth-order valence-electron chi connectivity index (χ4n) is 1.84. The summed E-state index contributed by atoms with van der Waals surface area (Å²) in [5, 5.41) is 10.4. The molecule has 0 spiro atoms. The Kier molecular flexibility index (Phi) is 3.68. The summed E-state index contributed by atoms with van der Waals surface area (Å²) in [5.74, 6) is 0.362. The first-order valence-electron chi connectivity index (χ1n) is 5.65. The van der Waals surface area contributed by atoms with Crippen LogP contribution in [0.15, 0.2) is 34.9 Å². The van der Waals surface area contributed by atoms with Gasteiger partial charge in [0.2, 0.25) is 0 Å². The molecule has 0 radical (unpaired) electrons. The number of rotatable bonds is 2. The molecule has 1 aromatic carbocycles. The van der Waals surface area contributed by atoms with Crippen LogP contribution < -0.4 is 5.73 Å². The lowest BCUT2D eigenvalue weighted by Crippen LogP contribution is -2.06. The third-order valence-corrected chi connectivity index (χ3v) is 3.52. The highest BCUT2D eigenvalue weighted by Crippen LogP contribution is 2.31. The van der Waals surface area contributed by atoms with E-state index in [4.69, 9.17) is 5.73 Å². The van der Waals surface area contributed by atoms with Gasteiger partial charge < -0.3 is 10.8 Å². The Morgan fingerprint density at radius 1 is 1.17 bits per heavy atom. The molecule has 0 saturated carbocycles. The van der Waals surface area contributed by atoms with E-state index in [9.17, 15) is 5.11 Å². The molecule has 18 heavy (non-hydrogen) atoms. The van der Waals surface area contributed by atoms with Crippen LogP contribution in [0.1, 0.15) is 28.4 Å². The topological polar surface area (TPSA) is 59.1 Å². The molecule has 4 heteroatoms. The van der Waals surface area contributed by atoms with Crippen LogP contribution in [-0.4, -0.2) is 10.1 Å². The minimum atomic E-state index is -0.771. The molecular formula is C14H15BrN2O. The van der Waals surface area contributed by atoms with E-state index in [1.54, 1.807) is 6.20 Å². The van der Waals surface area contributed by atoms with Crippen LogP contribution in [0.25, 0.3) is 0 Å². The lowest BCUT2D eigenvalue weighted by molar-refractivity contribution is 0.220. The van der Waals surface area contributed by atoms with Crippen LogP contribution in [0.4, 0.5) is 5.82 Å². The number of aliphatic hydroxyl groups excluding tert-OH is 1. The molecule has 1 atom stereocenters. The SMILES string of the molecule is Cc1ccc(C(O)c2cc(C)cnc2N)c(Br)c1. The van der Waals surface area contributed by atoms with Crippen molar-refractivity contribution in [2.45, 2.75) is 20.0 Å². The molecule has 1 unspecified atom stereocenters. The Hall–Kier alpha value is -1.39. The van der Waals surface area contributed by atoms with Gasteiger partial charge in [-0.1, -0.05) is 28.1 Å². The summed E-state index contributed by atoms with van der Waals surface area (Å²) in [6.45, 7) is 3.93. The molecule has 0 bridgehead atoms. The first-order valence-corrected chi connectivity index (χ1v) is 6.44. The van der Waals surface area contributed by atoms with E-state index in [2.05, 4.69) is 20.9 Å². The lowest BCUT2D eigenvalue weighted by Gasteiger charge is -2.15. The van der Waals surface area contributed by atoms with Gasteiger partial charge in [0.05, 0.1) is 0 Å². The van der Waals surface area contributed by atoms with E-state index in [-0.39, 0.29) is 0 Å². The number of aliphatic hydroxyl groups is 1. The van der Waals surface area contributed by atoms with Crippen molar-refractivity contribution in [3.63, 3.8) is 0 Å². The average Bonchev–Trinajstić information content (AvgIpc) is 2.31. The summed E-state index contributed by atoms with van der Waals surface area (Å²) in [5.41, 5.74) is 9.36. The van der Waals surface area contributed by atoms with Crippen molar-refractivity contribution >= 4 is 21.7 Å². The normalized spacial score (nSPS) is 12.4. The van der Waals surface area contributed by atoms with Crippen LogP contribution in [0.3, 0.4) is 0 Å². The molecule has 2 rings (SSSR count). The Labute approximate surface area is 115 Å². The molecule has 2 aromatic rings. The van der Waals surface area contributed by atoms with Gasteiger partial charge in [-0.2, -0.15) is 0 Å². The number of nitrogens with two attached hydrogens (primary N) is 1. The van der Waals surface area contributed by atoms with Gasteiger partial charge in [0.25, 0.3) is 0 Å². The summed E-state index contributed by atoms with van der Waals surface area (Å²) in [4.78, 5) is 4.07. The number of aromatic nitrogens is 1. The molecule has 0 aliphatic rings. The minimum Gasteiger partial charge on any atom is -0.383 e. The fourth-order valence-corrected chi connectivity index (χ4v) is 2.55. The van der Waals surface area contributed by atoms with Crippen LogP contribution in [0.2, 0.25) is 0 Å². The highest BCUT2D eigenvalue weighted by Gasteiger charge is 2.17. The number of anilines is 1. The summed E-state index contributed by atoms with van der Waals surface area (Å²) in [6.07, 6.45) is 0.919. The smallest absolute Gasteiger partial charge is 0.129 e. The van der Waals surface area contributed by atoms with Gasteiger partial charge >= 0.3 is 0 Å². The molecule has 0 fully saturated rings. The van der Waals surface area contributed by atoms with Crippen molar-refractivity contribution < 1.29 is 5.11 Å².